The first-order chi connectivity index (χ1) is 25.2. The van der Waals surface area contributed by atoms with E-state index in [9.17, 15) is 9.59 Å². The van der Waals surface area contributed by atoms with Crippen molar-refractivity contribution >= 4 is 41.6 Å². The van der Waals surface area contributed by atoms with Gasteiger partial charge in [0.25, 0.3) is 5.56 Å². The van der Waals surface area contributed by atoms with Gasteiger partial charge in [0.1, 0.15) is 36.2 Å². The summed E-state index contributed by atoms with van der Waals surface area (Å²) >= 11 is 0. The molecule has 4 N–H and O–H groups in total. The van der Waals surface area contributed by atoms with Crippen LogP contribution >= 0.6 is 7.75 Å². The number of benzene rings is 3. The molecule has 15 nitrogen and oxygen atoms in total. The minimum atomic E-state index is -4.40. The van der Waals surface area contributed by atoms with Gasteiger partial charge in [0.2, 0.25) is 5.95 Å². The first-order valence-corrected chi connectivity index (χ1v) is 18.9. The highest BCUT2D eigenvalue weighted by atomic mass is 31.2. The van der Waals surface area contributed by atoms with E-state index in [1.807, 2.05) is 81.4 Å². The van der Waals surface area contributed by atoms with Gasteiger partial charge in [-0.15, -0.1) is 0 Å². The first kappa shape index (κ1) is 36.7. The standard InChI is InChI=1S/C37H43N6O9P/c1-22(2)18-26(33(45)47-19-23-12-7-6-8-13-23)42-53(46,51-27-17-11-15-24-14-9-10-16-25(24)27)48-20-28-30-37(5,52-36(3,4)50-30)34(49-28)43-21-39-29-31(43)40-35(38)41-32(29)44/h6-17,21-22,26,28,30,34H,18-20H2,1-5H3,(H,42,46)(H3,38,40,41,44)/t26-,28+,30+,34+,37+,53?/m0/s1. The van der Waals surface area contributed by atoms with Gasteiger partial charge >= 0.3 is 13.7 Å². The number of aromatic amines is 1. The van der Waals surface area contributed by atoms with Gasteiger partial charge in [-0.05, 0) is 50.1 Å². The highest BCUT2D eigenvalue weighted by Crippen LogP contribution is 2.53. The molecule has 2 saturated heterocycles. The van der Waals surface area contributed by atoms with Crippen molar-refractivity contribution in [1.82, 2.24) is 24.6 Å². The lowest BCUT2D eigenvalue weighted by Crippen LogP contribution is -2.42. The molecule has 53 heavy (non-hydrogen) atoms. The molecule has 2 aliphatic rings. The largest absolute Gasteiger partial charge is 0.460 e. The Kier molecular flexibility index (Phi) is 9.91. The smallest absolute Gasteiger partial charge is 0.459 e. The van der Waals surface area contributed by atoms with Crippen molar-refractivity contribution < 1.29 is 37.4 Å². The van der Waals surface area contributed by atoms with Gasteiger partial charge < -0.3 is 29.2 Å². The molecule has 0 spiro atoms. The zero-order chi connectivity index (χ0) is 37.5. The van der Waals surface area contributed by atoms with Crippen LogP contribution in [-0.2, 0) is 39.4 Å². The number of nitrogen functional groups attached to an aromatic ring is 1. The minimum Gasteiger partial charge on any atom is -0.460 e. The first-order valence-electron chi connectivity index (χ1n) is 17.4. The number of hydrogen-bond donors (Lipinski definition) is 3. The number of ether oxygens (including phenoxy) is 4. The predicted octanol–water partition coefficient (Wildman–Crippen LogP) is 5.61. The van der Waals surface area contributed by atoms with Crippen LogP contribution in [0.1, 0.15) is 52.8 Å². The molecule has 2 aliphatic heterocycles. The Morgan fingerprint density at radius 3 is 2.58 bits per heavy atom. The van der Waals surface area contributed by atoms with Gasteiger partial charge in [0.15, 0.2) is 23.2 Å². The van der Waals surface area contributed by atoms with Crippen LogP contribution in [0.25, 0.3) is 21.9 Å². The molecule has 1 unspecified atom stereocenters. The Morgan fingerprint density at radius 2 is 1.81 bits per heavy atom. The number of H-pyrrole nitrogens is 1. The summed E-state index contributed by atoms with van der Waals surface area (Å²) in [6.07, 6.45) is -0.868. The molecule has 0 amide bonds. The number of nitrogens with one attached hydrogen (secondary N) is 2. The second-order valence-corrected chi connectivity index (χ2v) is 16.0. The van der Waals surface area contributed by atoms with E-state index < -0.39 is 55.1 Å². The lowest BCUT2D eigenvalue weighted by Gasteiger charge is -2.30. The van der Waals surface area contributed by atoms with Crippen LogP contribution in [0.3, 0.4) is 0 Å². The average Bonchev–Trinajstić information content (AvgIpc) is 3.72. The third kappa shape index (κ3) is 7.59. The number of nitrogens with zero attached hydrogens (tertiary/aromatic N) is 3. The topological polar surface area (TPSA) is 191 Å². The average molecular weight is 747 g/mol. The van der Waals surface area contributed by atoms with Crippen LogP contribution < -0.4 is 20.9 Å². The molecule has 16 heteroatoms. The maximum Gasteiger partial charge on any atom is 0.459 e. The van der Waals surface area contributed by atoms with Crippen molar-refractivity contribution in [3.8, 4) is 5.75 Å². The maximum absolute atomic E-state index is 15.0. The van der Waals surface area contributed by atoms with Gasteiger partial charge in [-0.2, -0.15) is 10.1 Å². The SMILES string of the molecule is CC(C)C[C@H](NP(=O)(OC[C@H]1O[C@@H](n2cnc3c(=O)[nH]c(N)nc32)[C@]2(C)OC(C)(C)O[C@H]12)Oc1cccc2ccccc12)C(=O)OCc1ccccc1. The van der Waals surface area contributed by atoms with E-state index in [0.717, 1.165) is 10.9 Å². The number of aromatic nitrogens is 4. The summed E-state index contributed by atoms with van der Waals surface area (Å²) in [6, 6.07) is 21.1. The van der Waals surface area contributed by atoms with Gasteiger partial charge in [0, 0.05) is 5.39 Å². The van der Waals surface area contributed by atoms with Crippen LogP contribution in [-0.4, -0.2) is 61.7 Å². The van der Waals surface area contributed by atoms with E-state index >= 15 is 4.57 Å². The predicted molar refractivity (Wildman–Crippen MR) is 196 cm³/mol. The molecule has 5 aromatic rings. The molecule has 4 heterocycles. The Balaban J connectivity index is 1.20. The van der Waals surface area contributed by atoms with E-state index in [-0.39, 0.29) is 48.4 Å². The molecule has 2 aromatic heterocycles. The number of fused-ring (bicyclic) bond motifs is 3. The molecule has 0 bridgehead atoms. The maximum atomic E-state index is 15.0. The molecule has 3 aromatic carbocycles. The fourth-order valence-corrected chi connectivity index (χ4v) is 8.52. The van der Waals surface area contributed by atoms with Gasteiger partial charge in [-0.1, -0.05) is 80.6 Å². The van der Waals surface area contributed by atoms with E-state index in [2.05, 4.69) is 20.0 Å². The molecule has 0 aliphatic carbocycles. The van der Waals surface area contributed by atoms with E-state index in [4.69, 9.17) is 33.7 Å². The fraction of sp³-hybridized carbons (Fsp3) is 0.405. The van der Waals surface area contributed by atoms with Gasteiger partial charge in [-0.25, -0.2) is 9.55 Å². The Hall–Kier alpha value is -4.63. The normalized spacial score (nSPS) is 23.9. The van der Waals surface area contributed by atoms with E-state index in [1.165, 1.54) is 6.33 Å². The molecule has 280 valence electrons. The molecule has 6 atom stereocenters. The monoisotopic (exact) mass is 746 g/mol. The number of nitrogens with two attached hydrogens (primary N) is 1. The number of esters is 1. The fourth-order valence-electron chi connectivity index (χ4n) is 6.99. The van der Waals surface area contributed by atoms with Crippen molar-refractivity contribution in [2.24, 2.45) is 5.92 Å². The molecular weight excluding hydrogens is 703 g/mol. The molecular formula is C37H43N6O9P. The number of hydrogen-bond acceptors (Lipinski definition) is 12. The second kappa shape index (κ2) is 14.3. The van der Waals surface area contributed by atoms with Gasteiger partial charge in [-0.3, -0.25) is 23.7 Å². The zero-order valence-electron chi connectivity index (χ0n) is 30.1. The van der Waals surface area contributed by atoms with Crippen molar-refractivity contribution in [2.75, 3.05) is 12.3 Å². The summed E-state index contributed by atoms with van der Waals surface area (Å²) in [5.74, 6) is -1.46. The van der Waals surface area contributed by atoms with Crippen LogP contribution in [0.2, 0.25) is 0 Å². The van der Waals surface area contributed by atoms with E-state index in [0.29, 0.717) is 5.39 Å². The number of carbonyl (C=O) groups is 1. The number of rotatable bonds is 13. The Labute approximate surface area is 305 Å². The summed E-state index contributed by atoms with van der Waals surface area (Å²) in [7, 11) is -4.40. The summed E-state index contributed by atoms with van der Waals surface area (Å²) in [4.78, 5) is 37.2. The highest BCUT2D eigenvalue weighted by molar-refractivity contribution is 7.52. The number of imidazole rings is 1. The van der Waals surface area contributed by atoms with Crippen molar-refractivity contribution in [3.05, 3.63) is 95.0 Å². The number of anilines is 1. The summed E-state index contributed by atoms with van der Waals surface area (Å²) in [5, 5.41) is 4.48. The van der Waals surface area contributed by atoms with Crippen LogP contribution in [0, 0.1) is 5.92 Å². The molecule has 7 rings (SSSR count). The third-order valence-electron chi connectivity index (χ3n) is 9.18. The Bertz CT molecular complexity index is 2220. The van der Waals surface area contributed by atoms with Crippen molar-refractivity contribution in [1.29, 1.82) is 0 Å². The third-order valence-corrected chi connectivity index (χ3v) is 10.7. The van der Waals surface area contributed by atoms with Crippen LogP contribution in [0.4, 0.5) is 5.95 Å². The number of carbonyl (C=O) groups excluding carboxylic acids is 1. The van der Waals surface area contributed by atoms with Crippen molar-refractivity contribution in [3.63, 3.8) is 0 Å². The van der Waals surface area contributed by atoms with E-state index in [1.54, 1.807) is 30.5 Å². The Morgan fingerprint density at radius 1 is 1.08 bits per heavy atom. The van der Waals surface area contributed by atoms with Crippen LogP contribution in [0.5, 0.6) is 5.75 Å². The molecule has 2 fully saturated rings. The van der Waals surface area contributed by atoms with Crippen LogP contribution in [0.15, 0.2) is 83.9 Å². The van der Waals surface area contributed by atoms with Crippen molar-refractivity contribution in [2.45, 2.75) is 83.5 Å². The highest BCUT2D eigenvalue weighted by Gasteiger charge is 2.64. The minimum absolute atomic E-state index is 0.00793. The zero-order valence-corrected chi connectivity index (χ0v) is 30.9. The molecule has 0 radical (unpaired) electrons. The van der Waals surface area contributed by atoms with Gasteiger partial charge in [0.05, 0.1) is 12.9 Å². The summed E-state index contributed by atoms with van der Waals surface area (Å²) < 4.78 is 54.2. The molecule has 0 saturated carbocycles. The quantitative estimate of drug-likeness (QED) is 0.0996. The lowest BCUT2D eigenvalue weighted by atomic mass is 9.96. The summed E-state index contributed by atoms with van der Waals surface area (Å²) in [5.41, 5.74) is 5.28. The second-order valence-electron chi connectivity index (χ2n) is 14.3. The lowest BCUT2D eigenvalue weighted by molar-refractivity contribution is -0.216. The summed E-state index contributed by atoms with van der Waals surface area (Å²) in [6.45, 7) is 8.95.